The minimum Gasteiger partial charge on any atom is -0.457 e. The first-order chi connectivity index (χ1) is 11.5. The van der Waals surface area contributed by atoms with Crippen LogP contribution in [0.25, 0.3) is 10.8 Å². The SMILES string of the molecule is O=C1OCc2ccc(NS(=O)(=O)c3cccc4ccccc34)cc21. The summed E-state index contributed by atoms with van der Waals surface area (Å²) >= 11 is 0. The Kier molecular flexibility index (Phi) is 3.28. The summed E-state index contributed by atoms with van der Waals surface area (Å²) in [5.41, 5.74) is 1.49. The van der Waals surface area contributed by atoms with Crippen LogP contribution in [-0.2, 0) is 21.4 Å². The first kappa shape index (κ1) is 14.7. The van der Waals surface area contributed by atoms with Gasteiger partial charge in [-0.1, -0.05) is 42.5 Å². The van der Waals surface area contributed by atoms with Crippen molar-refractivity contribution in [3.05, 3.63) is 71.8 Å². The van der Waals surface area contributed by atoms with Gasteiger partial charge in [-0.2, -0.15) is 0 Å². The van der Waals surface area contributed by atoms with E-state index >= 15 is 0 Å². The smallest absolute Gasteiger partial charge is 0.338 e. The number of nitrogens with one attached hydrogen (secondary N) is 1. The number of hydrogen-bond acceptors (Lipinski definition) is 4. The molecule has 0 saturated heterocycles. The van der Waals surface area contributed by atoms with Crippen LogP contribution in [-0.4, -0.2) is 14.4 Å². The van der Waals surface area contributed by atoms with Crippen LogP contribution in [0.3, 0.4) is 0 Å². The van der Waals surface area contributed by atoms with Gasteiger partial charge < -0.3 is 4.74 Å². The summed E-state index contributed by atoms with van der Waals surface area (Å²) in [4.78, 5) is 11.8. The number of cyclic esters (lactones) is 1. The maximum Gasteiger partial charge on any atom is 0.338 e. The highest BCUT2D eigenvalue weighted by atomic mass is 32.2. The molecule has 3 aromatic rings. The van der Waals surface area contributed by atoms with Crippen LogP contribution >= 0.6 is 0 Å². The van der Waals surface area contributed by atoms with Crippen LogP contribution in [0.4, 0.5) is 5.69 Å². The van der Waals surface area contributed by atoms with E-state index in [4.69, 9.17) is 4.74 Å². The van der Waals surface area contributed by atoms with Crippen LogP contribution in [0.1, 0.15) is 15.9 Å². The zero-order chi connectivity index (χ0) is 16.7. The maximum absolute atomic E-state index is 12.8. The number of carbonyl (C=O) groups is 1. The second-order valence-corrected chi connectivity index (χ2v) is 7.18. The zero-order valence-electron chi connectivity index (χ0n) is 12.5. The summed E-state index contributed by atoms with van der Waals surface area (Å²) in [6, 6.07) is 17.2. The summed E-state index contributed by atoms with van der Waals surface area (Å²) < 4.78 is 33.0. The summed E-state index contributed by atoms with van der Waals surface area (Å²) in [7, 11) is -3.78. The van der Waals surface area contributed by atoms with Gasteiger partial charge in [0.15, 0.2) is 0 Å². The molecule has 0 spiro atoms. The van der Waals surface area contributed by atoms with Crippen molar-refractivity contribution < 1.29 is 17.9 Å². The van der Waals surface area contributed by atoms with Crippen molar-refractivity contribution in [1.82, 2.24) is 0 Å². The Bertz CT molecular complexity index is 1070. The fraction of sp³-hybridized carbons (Fsp3) is 0.0556. The number of fused-ring (bicyclic) bond motifs is 2. The predicted molar refractivity (Wildman–Crippen MR) is 90.3 cm³/mol. The Hall–Kier alpha value is -2.86. The highest BCUT2D eigenvalue weighted by molar-refractivity contribution is 7.93. The molecule has 1 aliphatic heterocycles. The fourth-order valence-corrected chi connectivity index (χ4v) is 4.10. The molecule has 0 fully saturated rings. The van der Waals surface area contributed by atoms with E-state index in [1.165, 1.54) is 6.07 Å². The van der Waals surface area contributed by atoms with Crippen molar-refractivity contribution in [2.24, 2.45) is 0 Å². The molecule has 0 radical (unpaired) electrons. The van der Waals surface area contributed by atoms with E-state index in [0.29, 0.717) is 16.6 Å². The summed E-state index contributed by atoms with van der Waals surface area (Å²) in [6.07, 6.45) is 0. The Balaban J connectivity index is 1.76. The highest BCUT2D eigenvalue weighted by Gasteiger charge is 2.23. The number of hydrogen-bond donors (Lipinski definition) is 1. The minimum absolute atomic E-state index is 0.198. The number of carbonyl (C=O) groups excluding carboxylic acids is 1. The van der Waals surface area contributed by atoms with E-state index in [1.54, 1.807) is 36.4 Å². The topological polar surface area (TPSA) is 72.5 Å². The molecule has 0 unspecified atom stereocenters. The van der Waals surface area contributed by atoms with E-state index in [-0.39, 0.29) is 11.5 Å². The lowest BCUT2D eigenvalue weighted by atomic mass is 10.1. The van der Waals surface area contributed by atoms with E-state index < -0.39 is 16.0 Å². The molecule has 1 aliphatic rings. The van der Waals surface area contributed by atoms with Gasteiger partial charge in [0.25, 0.3) is 10.0 Å². The van der Waals surface area contributed by atoms with Crippen LogP contribution in [0, 0.1) is 0 Å². The summed E-state index contributed by atoms with van der Waals surface area (Å²) in [5, 5.41) is 1.49. The third-order valence-corrected chi connectivity index (χ3v) is 5.42. The average Bonchev–Trinajstić information content (AvgIpc) is 2.95. The van der Waals surface area contributed by atoms with Gasteiger partial charge in [-0.15, -0.1) is 0 Å². The van der Waals surface area contributed by atoms with Crippen LogP contribution in [0.2, 0.25) is 0 Å². The van der Waals surface area contributed by atoms with Gasteiger partial charge in [0.1, 0.15) is 6.61 Å². The van der Waals surface area contributed by atoms with Crippen molar-refractivity contribution in [2.75, 3.05) is 4.72 Å². The lowest BCUT2D eigenvalue weighted by Crippen LogP contribution is -2.13. The first-order valence-corrected chi connectivity index (χ1v) is 8.83. The fourth-order valence-electron chi connectivity index (χ4n) is 2.82. The lowest BCUT2D eigenvalue weighted by molar-refractivity contribution is 0.0535. The van der Waals surface area contributed by atoms with Crippen LogP contribution in [0.15, 0.2) is 65.6 Å². The number of benzene rings is 3. The molecule has 1 heterocycles. The standard InChI is InChI=1S/C18H13NO4S/c20-18-16-10-14(9-8-13(16)11-23-18)19-24(21,22)17-7-3-5-12-4-1-2-6-15(12)17/h1-10,19H,11H2. The van der Waals surface area contributed by atoms with Gasteiger partial charge in [0, 0.05) is 16.6 Å². The van der Waals surface area contributed by atoms with E-state index in [1.807, 2.05) is 18.2 Å². The normalized spacial score (nSPS) is 13.6. The number of anilines is 1. The quantitative estimate of drug-likeness (QED) is 0.743. The van der Waals surface area contributed by atoms with Gasteiger partial charge >= 0.3 is 5.97 Å². The Morgan fingerprint density at radius 2 is 1.75 bits per heavy atom. The van der Waals surface area contributed by atoms with Crippen molar-refractivity contribution in [2.45, 2.75) is 11.5 Å². The monoisotopic (exact) mass is 339 g/mol. The third kappa shape index (κ3) is 2.41. The molecule has 0 bridgehead atoms. The van der Waals surface area contributed by atoms with Gasteiger partial charge in [0.05, 0.1) is 10.5 Å². The second-order valence-electron chi connectivity index (χ2n) is 5.53. The average molecular weight is 339 g/mol. The molecule has 6 heteroatoms. The largest absolute Gasteiger partial charge is 0.457 e. The molecule has 3 aromatic carbocycles. The Morgan fingerprint density at radius 3 is 2.62 bits per heavy atom. The minimum atomic E-state index is -3.78. The molecule has 0 aliphatic carbocycles. The Labute approximate surface area is 138 Å². The number of ether oxygens (including phenoxy) is 1. The number of rotatable bonds is 3. The maximum atomic E-state index is 12.8. The number of sulfonamides is 1. The highest BCUT2D eigenvalue weighted by Crippen LogP contribution is 2.27. The molecule has 120 valence electrons. The molecular weight excluding hydrogens is 326 g/mol. The lowest BCUT2D eigenvalue weighted by Gasteiger charge is -2.11. The molecule has 0 aromatic heterocycles. The molecule has 5 nitrogen and oxygen atoms in total. The van der Waals surface area contributed by atoms with Crippen molar-refractivity contribution in [1.29, 1.82) is 0 Å². The second kappa shape index (κ2) is 5.35. The molecule has 0 amide bonds. The van der Waals surface area contributed by atoms with Gasteiger partial charge in [-0.05, 0) is 23.6 Å². The van der Waals surface area contributed by atoms with Crippen molar-refractivity contribution in [3.8, 4) is 0 Å². The van der Waals surface area contributed by atoms with Gasteiger partial charge in [0.2, 0.25) is 0 Å². The van der Waals surface area contributed by atoms with Gasteiger partial charge in [-0.3, -0.25) is 4.72 Å². The molecular formula is C18H13NO4S. The third-order valence-electron chi connectivity index (χ3n) is 3.98. The summed E-state index contributed by atoms with van der Waals surface area (Å²) in [6.45, 7) is 0.227. The van der Waals surface area contributed by atoms with E-state index in [0.717, 1.165) is 10.9 Å². The number of esters is 1. The first-order valence-electron chi connectivity index (χ1n) is 7.35. The predicted octanol–water partition coefficient (Wildman–Crippen LogP) is 3.31. The van der Waals surface area contributed by atoms with Crippen molar-refractivity contribution >= 4 is 32.5 Å². The van der Waals surface area contributed by atoms with E-state index in [9.17, 15) is 13.2 Å². The van der Waals surface area contributed by atoms with Gasteiger partial charge in [-0.25, -0.2) is 13.2 Å². The molecule has 24 heavy (non-hydrogen) atoms. The zero-order valence-corrected chi connectivity index (χ0v) is 13.3. The molecule has 0 saturated carbocycles. The molecule has 0 atom stereocenters. The van der Waals surface area contributed by atoms with Crippen LogP contribution < -0.4 is 4.72 Å². The van der Waals surface area contributed by atoms with E-state index in [2.05, 4.69) is 4.72 Å². The Morgan fingerprint density at radius 1 is 0.958 bits per heavy atom. The molecule has 1 N–H and O–H groups in total. The molecule has 4 rings (SSSR count). The van der Waals surface area contributed by atoms with Crippen molar-refractivity contribution in [3.63, 3.8) is 0 Å². The van der Waals surface area contributed by atoms with Crippen LogP contribution in [0.5, 0.6) is 0 Å². The summed E-state index contributed by atoms with van der Waals surface area (Å²) in [5.74, 6) is -0.434.